The second-order valence-corrected chi connectivity index (χ2v) is 3.71. The van der Waals surface area contributed by atoms with E-state index in [-0.39, 0.29) is 17.9 Å². The van der Waals surface area contributed by atoms with Crippen molar-refractivity contribution in [3.63, 3.8) is 0 Å². The van der Waals surface area contributed by atoms with Crippen molar-refractivity contribution in [2.45, 2.75) is 6.54 Å². The summed E-state index contributed by atoms with van der Waals surface area (Å²) in [6.07, 6.45) is 0. The minimum Gasteiger partial charge on any atom is -0.478 e. The van der Waals surface area contributed by atoms with Gasteiger partial charge in [0, 0.05) is 18.7 Å². The summed E-state index contributed by atoms with van der Waals surface area (Å²) in [5.41, 5.74) is 1.08. The molecule has 0 aliphatic rings. The third-order valence-electron chi connectivity index (χ3n) is 2.13. The molecule has 3 nitrogen and oxygen atoms in total. The van der Waals surface area contributed by atoms with Gasteiger partial charge in [-0.1, -0.05) is 18.7 Å². The molecule has 0 bridgehead atoms. The van der Waals surface area contributed by atoms with E-state index in [9.17, 15) is 9.18 Å². The van der Waals surface area contributed by atoms with Crippen molar-refractivity contribution in [3.8, 4) is 0 Å². The Morgan fingerprint density at radius 2 is 2.00 bits per heavy atom. The van der Waals surface area contributed by atoms with Crippen LogP contribution in [0.4, 0.5) is 4.39 Å². The largest absolute Gasteiger partial charge is 0.478 e. The number of likely N-dealkylation sites (N-methyl/N-ethyl adjacent to an activating group) is 1. The lowest BCUT2D eigenvalue weighted by molar-refractivity contribution is -0.132. The normalized spacial score (nSPS) is 10.4. The molecule has 0 saturated heterocycles. The van der Waals surface area contributed by atoms with Gasteiger partial charge in [-0.3, -0.25) is 4.90 Å². The lowest BCUT2D eigenvalue weighted by Gasteiger charge is -2.16. The van der Waals surface area contributed by atoms with Crippen LogP contribution in [-0.4, -0.2) is 29.6 Å². The Morgan fingerprint density at radius 1 is 1.44 bits per heavy atom. The molecule has 16 heavy (non-hydrogen) atoms. The maximum atomic E-state index is 12.6. The van der Waals surface area contributed by atoms with Crippen LogP contribution in [0.1, 0.15) is 5.56 Å². The Bertz CT molecular complexity index is 387. The van der Waals surface area contributed by atoms with Crippen molar-refractivity contribution in [2.24, 2.45) is 0 Å². The number of carbonyl (C=O) groups is 1. The molecule has 0 atom stereocenters. The average molecular weight is 223 g/mol. The van der Waals surface area contributed by atoms with Crippen molar-refractivity contribution in [2.75, 3.05) is 13.6 Å². The van der Waals surface area contributed by atoms with Crippen LogP contribution in [0.2, 0.25) is 0 Å². The van der Waals surface area contributed by atoms with Gasteiger partial charge >= 0.3 is 5.97 Å². The van der Waals surface area contributed by atoms with E-state index < -0.39 is 5.97 Å². The van der Waals surface area contributed by atoms with E-state index in [4.69, 9.17) is 5.11 Å². The van der Waals surface area contributed by atoms with Gasteiger partial charge in [0.2, 0.25) is 0 Å². The molecule has 0 aliphatic carbocycles. The fraction of sp³-hybridized carbons (Fsp3) is 0.250. The quantitative estimate of drug-likeness (QED) is 0.775. The summed E-state index contributed by atoms with van der Waals surface area (Å²) in [6, 6.07) is 6.12. The summed E-state index contributed by atoms with van der Waals surface area (Å²) < 4.78 is 12.6. The number of benzene rings is 1. The predicted octanol–water partition coefficient (Wildman–Crippen LogP) is 1.90. The molecule has 0 saturated carbocycles. The lowest BCUT2D eigenvalue weighted by atomic mass is 10.2. The van der Waals surface area contributed by atoms with E-state index in [1.54, 1.807) is 19.2 Å². The zero-order valence-corrected chi connectivity index (χ0v) is 9.11. The van der Waals surface area contributed by atoms with Crippen LogP contribution in [0.3, 0.4) is 0 Å². The van der Waals surface area contributed by atoms with Crippen LogP contribution < -0.4 is 0 Å². The molecule has 4 heteroatoms. The Morgan fingerprint density at radius 3 is 2.50 bits per heavy atom. The number of aliphatic carboxylic acids is 1. The van der Waals surface area contributed by atoms with Crippen LogP contribution in [0.5, 0.6) is 0 Å². The van der Waals surface area contributed by atoms with Crippen molar-refractivity contribution in [3.05, 3.63) is 47.8 Å². The third-order valence-corrected chi connectivity index (χ3v) is 2.13. The summed E-state index contributed by atoms with van der Waals surface area (Å²) >= 11 is 0. The molecule has 0 aliphatic heterocycles. The summed E-state index contributed by atoms with van der Waals surface area (Å²) in [6.45, 7) is 4.30. The second-order valence-electron chi connectivity index (χ2n) is 3.71. The average Bonchev–Trinajstić information content (AvgIpc) is 2.21. The number of hydrogen-bond acceptors (Lipinski definition) is 2. The Kier molecular flexibility index (Phi) is 4.19. The zero-order valence-electron chi connectivity index (χ0n) is 9.11. The fourth-order valence-electron chi connectivity index (χ4n) is 1.35. The van der Waals surface area contributed by atoms with Crippen molar-refractivity contribution in [1.29, 1.82) is 0 Å². The summed E-state index contributed by atoms with van der Waals surface area (Å²) in [5.74, 6) is -1.27. The van der Waals surface area contributed by atoms with Gasteiger partial charge in [-0.25, -0.2) is 9.18 Å². The van der Waals surface area contributed by atoms with Crippen LogP contribution in [0.25, 0.3) is 0 Å². The van der Waals surface area contributed by atoms with E-state index >= 15 is 0 Å². The standard InChI is InChI=1S/C12H14FNO2/c1-9(12(15)16)7-14(2)8-10-3-5-11(13)6-4-10/h3-6H,1,7-8H2,2H3,(H,15,16). The van der Waals surface area contributed by atoms with Gasteiger partial charge in [0.1, 0.15) is 5.82 Å². The summed E-state index contributed by atoms with van der Waals surface area (Å²) in [5, 5.41) is 8.66. The van der Waals surface area contributed by atoms with Gasteiger partial charge in [0.25, 0.3) is 0 Å². The molecule has 0 heterocycles. The smallest absolute Gasteiger partial charge is 0.332 e. The van der Waals surface area contributed by atoms with Gasteiger partial charge < -0.3 is 5.11 Å². The van der Waals surface area contributed by atoms with Crippen molar-refractivity contribution >= 4 is 5.97 Å². The summed E-state index contributed by atoms with van der Waals surface area (Å²) in [7, 11) is 1.79. The molecule has 0 unspecified atom stereocenters. The molecule has 86 valence electrons. The van der Waals surface area contributed by atoms with E-state index in [0.29, 0.717) is 6.54 Å². The highest BCUT2D eigenvalue weighted by atomic mass is 19.1. The maximum absolute atomic E-state index is 12.6. The maximum Gasteiger partial charge on any atom is 0.332 e. The first-order chi connectivity index (χ1) is 7.49. The highest BCUT2D eigenvalue weighted by Gasteiger charge is 2.07. The number of carboxylic acids is 1. The summed E-state index contributed by atoms with van der Waals surface area (Å²) in [4.78, 5) is 12.4. The first-order valence-corrected chi connectivity index (χ1v) is 4.83. The second kappa shape index (κ2) is 5.42. The molecule has 1 aromatic carbocycles. The highest BCUT2D eigenvalue weighted by Crippen LogP contribution is 2.06. The third kappa shape index (κ3) is 3.82. The first kappa shape index (κ1) is 12.4. The Balaban J connectivity index is 2.51. The molecule has 0 spiro atoms. The molecular formula is C12H14FNO2. The molecule has 1 rings (SSSR count). The van der Waals surface area contributed by atoms with Gasteiger partial charge in [-0.2, -0.15) is 0 Å². The van der Waals surface area contributed by atoms with E-state index in [2.05, 4.69) is 6.58 Å². The number of nitrogens with zero attached hydrogens (tertiary/aromatic N) is 1. The number of rotatable bonds is 5. The van der Waals surface area contributed by atoms with Gasteiger partial charge in [-0.05, 0) is 24.7 Å². The predicted molar refractivity (Wildman–Crippen MR) is 59.5 cm³/mol. The number of halogens is 1. The van der Waals surface area contributed by atoms with E-state index in [1.807, 2.05) is 4.90 Å². The van der Waals surface area contributed by atoms with Crippen LogP contribution >= 0.6 is 0 Å². The molecule has 0 fully saturated rings. The first-order valence-electron chi connectivity index (χ1n) is 4.83. The monoisotopic (exact) mass is 223 g/mol. The topological polar surface area (TPSA) is 40.5 Å². The van der Waals surface area contributed by atoms with Crippen LogP contribution in [-0.2, 0) is 11.3 Å². The van der Waals surface area contributed by atoms with Gasteiger partial charge in [-0.15, -0.1) is 0 Å². The van der Waals surface area contributed by atoms with Crippen molar-refractivity contribution < 1.29 is 14.3 Å². The van der Waals surface area contributed by atoms with Gasteiger partial charge in [0.05, 0.1) is 0 Å². The highest BCUT2D eigenvalue weighted by molar-refractivity contribution is 5.86. The Labute approximate surface area is 93.8 Å². The number of carboxylic acid groups (broad SMARTS) is 1. The van der Waals surface area contributed by atoms with Crippen molar-refractivity contribution in [1.82, 2.24) is 4.90 Å². The van der Waals surface area contributed by atoms with Crippen LogP contribution in [0, 0.1) is 5.82 Å². The lowest BCUT2D eigenvalue weighted by Crippen LogP contribution is -2.23. The minimum absolute atomic E-state index is 0.143. The zero-order chi connectivity index (χ0) is 12.1. The minimum atomic E-state index is -0.994. The number of hydrogen-bond donors (Lipinski definition) is 1. The molecule has 0 aromatic heterocycles. The van der Waals surface area contributed by atoms with E-state index in [0.717, 1.165) is 5.56 Å². The molecule has 0 radical (unpaired) electrons. The molecule has 1 aromatic rings. The Hall–Kier alpha value is -1.68. The fourth-order valence-corrected chi connectivity index (χ4v) is 1.35. The molecule has 1 N–H and O–H groups in total. The SMILES string of the molecule is C=C(CN(C)Cc1ccc(F)cc1)C(=O)O. The molecule has 0 amide bonds. The van der Waals surface area contributed by atoms with Gasteiger partial charge in [0.15, 0.2) is 0 Å². The van der Waals surface area contributed by atoms with E-state index in [1.165, 1.54) is 12.1 Å². The molecular weight excluding hydrogens is 209 g/mol. The van der Waals surface area contributed by atoms with Crippen LogP contribution in [0.15, 0.2) is 36.4 Å².